The average Bonchev–Trinajstić information content (AvgIpc) is 2.96. The van der Waals surface area contributed by atoms with Gasteiger partial charge >= 0.3 is 0 Å². The zero-order chi connectivity index (χ0) is 11.6. The van der Waals surface area contributed by atoms with Crippen molar-refractivity contribution >= 4 is 34.9 Å². The van der Waals surface area contributed by atoms with Gasteiger partial charge in [0.05, 0.1) is 10.4 Å². The van der Waals surface area contributed by atoms with Gasteiger partial charge in [0.25, 0.3) is 0 Å². The monoisotopic (exact) mass is 246 g/mol. The molecule has 5 heteroatoms. The summed E-state index contributed by atoms with van der Waals surface area (Å²) in [6.45, 7) is 2.05. The molecule has 0 spiro atoms. The highest BCUT2D eigenvalue weighted by Crippen LogP contribution is 2.47. The van der Waals surface area contributed by atoms with Crippen molar-refractivity contribution in [1.82, 2.24) is 4.90 Å². The number of carbonyl (C=O) groups is 1. The summed E-state index contributed by atoms with van der Waals surface area (Å²) in [4.78, 5) is 14.3. The maximum atomic E-state index is 12.1. The van der Waals surface area contributed by atoms with Crippen LogP contribution in [0.2, 0.25) is 0 Å². The van der Waals surface area contributed by atoms with E-state index in [-0.39, 0.29) is 11.9 Å². The van der Waals surface area contributed by atoms with Crippen LogP contribution in [0.1, 0.15) is 19.8 Å². The summed E-state index contributed by atoms with van der Waals surface area (Å²) in [5.41, 5.74) is 5.12. The number of rotatable bonds is 5. The number of thioether (sulfide) groups is 1. The van der Waals surface area contributed by atoms with Gasteiger partial charge in [-0.25, -0.2) is 0 Å². The molecule has 0 radical (unpaired) electrons. The summed E-state index contributed by atoms with van der Waals surface area (Å²) < 4.78 is 0. The second-order valence-corrected chi connectivity index (χ2v) is 5.52. The fourth-order valence-electron chi connectivity index (χ4n) is 1.58. The fourth-order valence-corrected chi connectivity index (χ4v) is 2.58. The van der Waals surface area contributed by atoms with Gasteiger partial charge in [-0.15, -0.1) is 0 Å². The number of carbonyl (C=O) groups excluding carboxylic acids is 1. The Morgan fingerprint density at radius 2 is 2.20 bits per heavy atom. The van der Waals surface area contributed by atoms with Crippen molar-refractivity contribution in [1.29, 1.82) is 0 Å². The van der Waals surface area contributed by atoms with Crippen LogP contribution < -0.4 is 5.73 Å². The van der Waals surface area contributed by atoms with E-state index in [1.165, 1.54) is 0 Å². The van der Waals surface area contributed by atoms with Crippen molar-refractivity contribution in [3.05, 3.63) is 0 Å². The minimum absolute atomic E-state index is 0.0940. The number of amides is 1. The summed E-state index contributed by atoms with van der Waals surface area (Å²) in [5, 5.41) is 0. The summed E-state index contributed by atoms with van der Waals surface area (Å²) in [6, 6.07) is 0.235. The largest absolute Gasteiger partial charge is 0.392 e. The van der Waals surface area contributed by atoms with E-state index in [1.54, 1.807) is 16.7 Å². The molecule has 0 aliphatic heterocycles. The SMILES string of the molecule is CSCC(C)N(C)C(=O)C1(C(N)=S)CC1. The third-order valence-electron chi connectivity index (χ3n) is 3.02. The first-order valence-electron chi connectivity index (χ1n) is 5.02. The highest BCUT2D eigenvalue weighted by atomic mass is 32.2. The normalized spacial score (nSPS) is 19.4. The molecule has 1 fully saturated rings. The van der Waals surface area contributed by atoms with Gasteiger partial charge in [-0.05, 0) is 26.0 Å². The third-order valence-corrected chi connectivity index (χ3v) is 4.23. The van der Waals surface area contributed by atoms with Gasteiger partial charge in [0.15, 0.2) is 0 Å². The summed E-state index contributed by atoms with van der Waals surface area (Å²) in [5.74, 6) is 1.03. The topological polar surface area (TPSA) is 46.3 Å². The summed E-state index contributed by atoms with van der Waals surface area (Å²) in [7, 11) is 1.83. The predicted octanol–water partition coefficient (Wildman–Crippen LogP) is 1.26. The van der Waals surface area contributed by atoms with Gasteiger partial charge in [-0.3, -0.25) is 4.79 Å². The lowest BCUT2D eigenvalue weighted by molar-refractivity contribution is -0.134. The highest BCUT2D eigenvalue weighted by Gasteiger charge is 2.54. The number of nitrogens with two attached hydrogens (primary N) is 1. The Bertz CT molecular complexity index is 277. The van der Waals surface area contributed by atoms with Crippen LogP contribution in [0.5, 0.6) is 0 Å². The Kier molecular flexibility index (Phi) is 4.00. The quantitative estimate of drug-likeness (QED) is 0.742. The second-order valence-electron chi connectivity index (χ2n) is 4.17. The van der Waals surface area contributed by atoms with Crippen LogP contribution in [0.4, 0.5) is 0 Å². The summed E-state index contributed by atoms with van der Waals surface area (Å²) in [6.07, 6.45) is 3.67. The van der Waals surface area contributed by atoms with Crippen LogP contribution in [0, 0.1) is 5.41 Å². The van der Waals surface area contributed by atoms with Crippen molar-refractivity contribution in [2.45, 2.75) is 25.8 Å². The van der Waals surface area contributed by atoms with Crippen LogP contribution in [0.3, 0.4) is 0 Å². The molecule has 1 aliphatic rings. The van der Waals surface area contributed by atoms with Crippen molar-refractivity contribution in [3.8, 4) is 0 Å². The Morgan fingerprint density at radius 1 is 1.67 bits per heavy atom. The first-order chi connectivity index (χ1) is 6.95. The molecule has 0 bridgehead atoms. The Hall–Kier alpha value is -0.290. The van der Waals surface area contributed by atoms with Crippen molar-refractivity contribution in [2.24, 2.45) is 11.1 Å². The van der Waals surface area contributed by atoms with E-state index in [0.29, 0.717) is 4.99 Å². The third kappa shape index (κ3) is 2.45. The smallest absolute Gasteiger partial charge is 0.235 e. The molecule has 1 atom stereocenters. The standard InChI is InChI=1S/C10H18N2OS2/c1-7(6-15-3)12(2)9(13)10(4-5-10)8(11)14/h7H,4-6H2,1-3H3,(H2,11,14). The van der Waals surface area contributed by atoms with E-state index < -0.39 is 5.41 Å². The second kappa shape index (κ2) is 4.70. The zero-order valence-corrected chi connectivity index (χ0v) is 11.1. The number of nitrogens with zero attached hydrogens (tertiary/aromatic N) is 1. The van der Waals surface area contributed by atoms with Crippen LogP contribution >= 0.6 is 24.0 Å². The van der Waals surface area contributed by atoms with Gasteiger partial charge < -0.3 is 10.6 Å². The van der Waals surface area contributed by atoms with Gasteiger partial charge in [-0.2, -0.15) is 11.8 Å². The Balaban J connectivity index is 2.64. The molecule has 86 valence electrons. The molecule has 0 aromatic heterocycles. The van der Waals surface area contributed by atoms with E-state index in [9.17, 15) is 4.79 Å². The maximum absolute atomic E-state index is 12.1. The highest BCUT2D eigenvalue weighted by molar-refractivity contribution is 7.98. The Labute approximate surface area is 101 Å². The van der Waals surface area contributed by atoms with E-state index in [1.807, 2.05) is 20.2 Å². The van der Waals surface area contributed by atoms with Crippen LogP contribution in [0.15, 0.2) is 0 Å². The van der Waals surface area contributed by atoms with E-state index >= 15 is 0 Å². The van der Waals surface area contributed by atoms with Crippen LogP contribution in [-0.4, -0.2) is 40.9 Å². The first kappa shape index (κ1) is 12.8. The average molecular weight is 246 g/mol. The van der Waals surface area contributed by atoms with Gasteiger partial charge in [-0.1, -0.05) is 12.2 Å². The van der Waals surface area contributed by atoms with Gasteiger partial charge in [0.1, 0.15) is 0 Å². The summed E-state index contributed by atoms with van der Waals surface area (Å²) >= 11 is 6.70. The zero-order valence-electron chi connectivity index (χ0n) is 9.45. The molecule has 0 aromatic carbocycles. The Morgan fingerprint density at radius 3 is 2.53 bits per heavy atom. The van der Waals surface area contributed by atoms with Crippen LogP contribution in [0.25, 0.3) is 0 Å². The van der Waals surface area contributed by atoms with Crippen molar-refractivity contribution < 1.29 is 4.79 Å². The molecule has 1 unspecified atom stereocenters. The van der Waals surface area contributed by atoms with Crippen molar-refractivity contribution in [2.75, 3.05) is 19.1 Å². The molecule has 1 amide bonds. The van der Waals surface area contributed by atoms with E-state index in [2.05, 4.69) is 0 Å². The molecule has 1 aliphatic carbocycles. The van der Waals surface area contributed by atoms with Gasteiger partial charge in [0.2, 0.25) is 5.91 Å². The molecule has 0 saturated heterocycles. The number of hydrogen-bond acceptors (Lipinski definition) is 3. The molecule has 15 heavy (non-hydrogen) atoms. The molecule has 1 saturated carbocycles. The molecular weight excluding hydrogens is 228 g/mol. The molecule has 2 N–H and O–H groups in total. The molecule has 3 nitrogen and oxygen atoms in total. The van der Waals surface area contributed by atoms with Crippen molar-refractivity contribution in [3.63, 3.8) is 0 Å². The fraction of sp³-hybridized carbons (Fsp3) is 0.800. The maximum Gasteiger partial charge on any atom is 0.235 e. The lowest BCUT2D eigenvalue weighted by Crippen LogP contribution is -2.45. The first-order valence-corrected chi connectivity index (χ1v) is 6.82. The lowest BCUT2D eigenvalue weighted by atomic mass is 10.1. The van der Waals surface area contributed by atoms with E-state index in [0.717, 1.165) is 18.6 Å². The van der Waals surface area contributed by atoms with Gasteiger partial charge in [0, 0.05) is 18.8 Å². The predicted molar refractivity (Wildman–Crippen MR) is 69.1 cm³/mol. The lowest BCUT2D eigenvalue weighted by Gasteiger charge is -2.28. The molecular formula is C10H18N2OS2. The molecule has 0 aromatic rings. The minimum Gasteiger partial charge on any atom is -0.392 e. The van der Waals surface area contributed by atoms with E-state index in [4.69, 9.17) is 18.0 Å². The number of thiocarbonyl (C=S) groups is 1. The minimum atomic E-state index is -0.503. The van der Waals surface area contributed by atoms with Crippen LogP contribution in [-0.2, 0) is 4.79 Å². The number of hydrogen-bond donors (Lipinski definition) is 1. The molecule has 0 heterocycles. The molecule has 1 rings (SSSR count).